The van der Waals surface area contributed by atoms with Crippen LogP contribution in [-0.2, 0) is 11.2 Å². The summed E-state index contributed by atoms with van der Waals surface area (Å²) in [7, 11) is 0. The van der Waals surface area contributed by atoms with Gasteiger partial charge in [0.2, 0.25) is 5.91 Å². The van der Waals surface area contributed by atoms with Gasteiger partial charge in [0.15, 0.2) is 0 Å². The van der Waals surface area contributed by atoms with E-state index in [1.54, 1.807) is 12.3 Å². The second kappa shape index (κ2) is 12.6. The molecule has 0 radical (unpaired) electrons. The summed E-state index contributed by atoms with van der Waals surface area (Å²) in [5.41, 5.74) is 2.40. The lowest BCUT2D eigenvalue weighted by Gasteiger charge is -2.17. The minimum Gasteiger partial charge on any atom is -0.356 e. The molecule has 3 nitrogen and oxygen atoms in total. The van der Waals surface area contributed by atoms with Crippen LogP contribution < -0.4 is 5.32 Å². The van der Waals surface area contributed by atoms with Gasteiger partial charge >= 0.3 is 0 Å². The van der Waals surface area contributed by atoms with E-state index in [1.807, 2.05) is 18.3 Å². The molecule has 3 atom stereocenters. The van der Waals surface area contributed by atoms with E-state index in [0.29, 0.717) is 12.3 Å². The lowest BCUT2D eigenvalue weighted by Crippen LogP contribution is -2.24. The Balaban J connectivity index is 1.25. The Kier molecular flexibility index (Phi) is 9.51. The van der Waals surface area contributed by atoms with Gasteiger partial charge in [0, 0.05) is 25.4 Å². The van der Waals surface area contributed by atoms with Crippen LogP contribution in [0.15, 0.2) is 48.8 Å². The summed E-state index contributed by atoms with van der Waals surface area (Å²) in [5, 5.41) is 3.06. The molecule has 1 aliphatic rings. The van der Waals surface area contributed by atoms with Gasteiger partial charge < -0.3 is 5.32 Å². The maximum Gasteiger partial charge on any atom is 0.219 e. The fraction of sp³-hybridized carbons (Fsp3) is 0.556. The maximum absolute atomic E-state index is 13.6. The molecule has 168 valence electrons. The lowest BCUT2D eigenvalue weighted by atomic mass is 9.89. The highest BCUT2D eigenvalue weighted by molar-refractivity contribution is 5.75. The summed E-state index contributed by atoms with van der Waals surface area (Å²) in [6.45, 7) is 2.96. The third-order valence-corrected chi connectivity index (χ3v) is 6.53. The highest BCUT2D eigenvalue weighted by Gasteiger charge is 2.37. The van der Waals surface area contributed by atoms with Crippen LogP contribution in [-0.4, -0.2) is 17.4 Å². The van der Waals surface area contributed by atoms with E-state index >= 15 is 0 Å². The quantitative estimate of drug-likeness (QED) is 0.355. The van der Waals surface area contributed by atoms with Crippen LogP contribution in [0.5, 0.6) is 0 Å². The number of carbonyl (C=O) groups is 1. The number of hydrogen-bond acceptors (Lipinski definition) is 2. The van der Waals surface area contributed by atoms with Crippen LogP contribution in [0.2, 0.25) is 0 Å². The van der Waals surface area contributed by atoms with E-state index in [0.717, 1.165) is 75.3 Å². The molecule has 0 saturated heterocycles. The Bertz CT molecular complexity index is 795. The van der Waals surface area contributed by atoms with E-state index in [2.05, 4.69) is 29.4 Å². The second-order valence-corrected chi connectivity index (χ2v) is 9.09. The third kappa shape index (κ3) is 8.43. The van der Waals surface area contributed by atoms with Gasteiger partial charge in [-0.25, -0.2) is 4.39 Å². The predicted octanol–water partition coefficient (Wildman–Crippen LogP) is 6.44. The number of rotatable bonds is 14. The van der Waals surface area contributed by atoms with Crippen LogP contribution in [0.4, 0.5) is 4.39 Å². The van der Waals surface area contributed by atoms with Crippen molar-refractivity contribution in [2.24, 2.45) is 11.8 Å². The molecule has 1 heterocycles. The highest BCUT2D eigenvalue weighted by Crippen LogP contribution is 2.48. The molecule has 1 amide bonds. The average Bonchev–Trinajstić information content (AvgIpc) is 3.51. The van der Waals surface area contributed by atoms with Crippen molar-refractivity contribution in [1.29, 1.82) is 0 Å². The lowest BCUT2D eigenvalue weighted by molar-refractivity contribution is -0.121. The minimum absolute atomic E-state index is 0.131. The molecular weight excluding hydrogens is 387 g/mol. The normalized spacial score (nSPS) is 18.5. The smallest absolute Gasteiger partial charge is 0.219 e. The van der Waals surface area contributed by atoms with E-state index in [1.165, 1.54) is 18.1 Å². The van der Waals surface area contributed by atoms with Crippen LogP contribution in [0, 0.1) is 17.7 Å². The molecular formula is C27H37FN2O. The molecule has 4 heteroatoms. The number of benzene rings is 1. The number of aromatic nitrogens is 1. The Morgan fingerprint density at radius 2 is 2.10 bits per heavy atom. The Morgan fingerprint density at radius 3 is 2.87 bits per heavy atom. The van der Waals surface area contributed by atoms with E-state index in [9.17, 15) is 9.18 Å². The number of hydrogen-bond donors (Lipinski definition) is 1. The molecule has 1 aromatic carbocycles. The zero-order valence-corrected chi connectivity index (χ0v) is 18.9. The van der Waals surface area contributed by atoms with E-state index in [-0.39, 0.29) is 11.7 Å². The van der Waals surface area contributed by atoms with Gasteiger partial charge in [0.1, 0.15) is 5.82 Å². The second-order valence-electron chi connectivity index (χ2n) is 9.09. The Labute approximate surface area is 186 Å². The zero-order valence-electron chi connectivity index (χ0n) is 18.9. The van der Waals surface area contributed by atoms with Crippen LogP contribution in [0.1, 0.15) is 81.8 Å². The third-order valence-electron chi connectivity index (χ3n) is 6.53. The molecule has 1 aromatic heterocycles. The number of aryl methyl sites for hydroxylation is 1. The molecule has 1 fully saturated rings. The summed E-state index contributed by atoms with van der Waals surface area (Å²) >= 11 is 0. The fourth-order valence-corrected chi connectivity index (χ4v) is 4.69. The molecule has 31 heavy (non-hydrogen) atoms. The van der Waals surface area contributed by atoms with Crippen molar-refractivity contribution in [3.63, 3.8) is 0 Å². The molecule has 0 spiro atoms. The fourth-order valence-electron chi connectivity index (χ4n) is 4.69. The molecule has 3 unspecified atom stereocenters. The van der Waals surface area contributed by atoms with E-state index in [4.69, 9.17) is 0 Å². The molecule has 1 saturated carbocycles. The average molecular weight is 425 g/mol. The monoisotopic (exact) mass is 424 g/mol. The summed E-state index contributed by atoms with van der Waals surface area (Å²) in [5.74, 6) is 2.01. The number of halogens is 1. The van der Waals surface area contributed by atoms with Gasteiger partial charge in [-0.2, -0.15) is 0 Å². The summed E-state index contributed by atoms with van der Waals surface area (Å²) in [4.78, 5) is 16.2. The Hall–Kier alpha value is -2.23. The molecule has 1 N–H and O–H groups in total. The number of pyridine rings is 1. The number of nitrogens with one attached hydrogen (secondary N) is 1. The number of carbonyl (C=O) groups excluding carboxylic acids is 1. The molecule has 2 aromatic rings. The summed E-state index contributed by atoms with van der Waals surface area (Å²) in [6, 6.07) is 11.2. The van der Waals surface area contributed by atoms with Crippen molar-refractivity contribution in [2.45, 2.75) is 77.0 Å². The summed E-state index contributed by atoms with van der Waals surface area (Å²) < 4.78 is 13.6. The first kappa shape index (κ1) is 23.4. The minimum atomic E-state index is -0.131. The van der Waals surface area contributed by atoms with Crippen LogP contribution >= 0.6 is 0 Å². The number of nitrogens with zero attached hydrogens (tertiary/aromatic N) is 1. The van der Waals surface area contributed by atoms with Gasteiger partial charge in [-0.05, 0) is 98.4 Å². The predicted molar refractivity (Wildman–Crippen MR) is 124 cm³/mol. The first-order valence-corrected chi connectivity index (χ1v) is 12.1. The van der Waals surface area contributed by atoms with Crippen molar-refractivity contribution in [3.05, 3.63) is 65.7 Å². The van der Waals surface area contributed by atoms with Gasteiger partial charge in [-0.1, -0.05) is 31.5 Å². The van der Waals surface area contributed by atoms with E-state index < -0.39 is 0 Å². The van der Waals surface area contributed by atoms with Gasteiger partial charge in [-0.15, -0.1) is 0 Å². The van der Waals surface area contributed by atoms with Crippen molar-refractivity contribution >= 4 is 5.91 Å². The van der Waals surface area contributed by atoms with Crippen molar-refractivity contribution < 1.29 is 9.18 Å². The molecule has 0 bridgehead atoms. The summed E-state index contributed by atoms with van der Waals surface area (Å²) in [6.07, 6.45) is 14.2. The molecule has 0 aliphatic heterocycles. The SMILES string of the molecule is CCCC(CC1CC1CCCC(=O)NCCCCc1cccnc1)c1cccc(F)c1. The van der Waals surface area contributed by atoms with Gasteiger partial charge in [0.25, 0.3) is 0 Å². The topological polar surface area (TPSA) is 42.0 Å². The first-order valence-electron chi connectivity index (χ1n) is 12.1. The van der Waals surface area contributed by atoms with Crippen molar-refractivity contribution in [3.8, 4) is 0 Å². The molecule has 1 aliphatic carbocycles. The highest BCUT2D eigenvalue weighted by atomic mass is 19.1. The largest absolute Gasteiger partial charge is 0.356 e. The Morgan fingerprint density at radius 1 is 1.19 bits per heavy atom. The molecule has 3 rings (SSSR count). The zero-order chi connectivity index (χ0) is 21.9. The van der Waals surface area contributed by atoms with Gasteiger partial charge in [-0.3, -0.25) is 9.78 Å². The number of amides is 1. The van der Waals surface area contributed by atoms with Crippen molar-refractivity contribution in [2.75, 3.05) is 6.54 Å². The van der Waals surface area contributed by atoms with Crippen molar-refractivity contribution in [1.82, 2.24) is 10.3 Å². The maximum atomic E-state index is 13.6. The van der Waals surface area contributed by atoms with Crippen LogP contribution in [0.3, 0.4) is 0 Å². The first-order chi connectivity index (χ1) is 15.2. The standard InChI is InChI=1S/C27H37FN2O/c1-2-8-22(24-11-5-13-26(28)19-24)17-25-18-23(25)12-6-14-27(31)30-16-4-3-9-21-10-7-15-29-20-21/h5,7,10-11,13,15,19-20,22-23,25H,2-4,6,8-9,12,14,16-18H2,1H3,(H,30,31). The van der Waals surface area contributed by atoms with Gasteiger partial charge in [0.05, 0.1) is 0 Å². The van der Waals surface area contributed by atoms with Crippen LogP contribution in [0.25, 0.3) is 0 Å². The number of unbranched alkanes of at least 4 members (excludes halogenated alkanes) is 1.